The number of sulfonamides is 2. The molecule has 0 amide bonds. The van der Waals surface area contributed by atoms with Gasteiger partial charge in [0.15, 0.2) is 12.6 Å². The molecule has 2 aliphatic heterocycles. The smallest absolute Gasteiger partial charge is 0.211 e. The molecule has 2 heterocycles. The van der Waals surface area contributed by atoms with E-state index in [9.17, 15) is 47.5 Å². The van der Waals surface area contributed by atoms with Crippen LogP contribution in [0.25, 0.3) is 0 Å². The third kappa shape index (κ3) is 13.8. The summed E-state index contributed by atoms with van der Waals surface area (Å²) in [5, 5.41) is 62.6. The van der Waals surface area contributed by atoms with Crippen molar-refractivity contribution in [1.82, 2.24) is 9.44 Å². The van der Waals surface area contributed by atoms with Crippen molar-refractivity contribution < 1.29 is 61.7 Å². The van der Waals surface area contributed by atoms with Crippen LogP contribution >= 0.6 is 0 Å². The molecule has 17 heteroatoms. The second kappa shape index (κ2) is 20.1. The first kappa shape index (κ1) is 40.6. The van der Waals surface area contributed by atoms with E-state index in [-0.39, 0.29) is 11.5 Å². The lowest BCUT2D eigenvalue weighted by molar-refractivity contribution is -0.372. The normalized spacial score (nSPS) is 33.0. The van der Waals surface area contributed by atoms with Gasteiger partial charge in [-0.05, 0) is 12.8 Å². The fourth-order valence-corrected chi connectivity index (χ4v) is 7.53. The van der Waals surface area contributed by atoms with Crippen molar-refractivity contribution in [2.24, 2.45) is 0 Å². The van der Waals surface area contributed by atoms with Gasteiger partial charge in [-0.2, -0.15) is 0 Å². The predicted octanol–water partition coefficient (Wildman–Crippen LogP) is -0.822. The van der Waals surface area contributed by atoms with E-state index in [2.05, 4.69) is 23.3 Å². The van der Waals surface area contributed by atoms with Gasteiger partial charge >= 0.3 is 0 Å². The summed E-state index contributed by atoms with van der Waals surface area (Å²) in [6.07, 6.45) is -6.47. The van der Waals surface area contributed by atoms with E-state index >= 15 is 0 Å². The minimum atomic E-state index is -3.74. The summed E-state index contributed by atoms with van der Waals surface area (Å²) in [4.78, 5) is 0. The van der Waals surface area contributed by atoms with E-state index in [0.29, 0.717) is 12.8 Å². The van der Waals surface area contributed by atoms with Crippen molar-refractivity contribution in [3.63, 3.8) is 0 Å². The lowest BCUT2D eigenvalue weighted by Crippen LogP contribution is -2.64. The number of nitrogens with one attached hydrogen (secondary N) is 2. The van der Waals surface area contributed by atoms with E-state index in [0.717, 1.165) is 64.2 Å². The van der Waals surface area contributed by atoms with E-state index in [1.165, 1.54) is 0 Å². The van der Waals surface area contributed by atoms with Crippen molar-refractivity contribution in [2.75, 3.05) is 24.6 Å². The standard InChI is InChI=1S/C28H56N2O13S2/c1-3-5-7-9-11-13-15-44(37,38)29-17-19-21(31)23(33)25(35)27(41-19)43-28-26(36)24(34)22(32)20(42-28)18-30-45(39,40)16-14-12-10-8-6-4-2/h19-36H,3-18H2,1-2H3/t19-,20-,21-,22-,23+,24+,25-,26-,27-,28-/m1/s1. The van der Waals surface area contributed by atoms with Gasteiger partial charge in [-0.25, -0.2) is 26.3 Å². The van der Waals surface area contributed by atoms with Gasteiger partial charge in [0.2, 0.25) is 20.0 Å². The highest BCUT2D eigenvalue weighted by molar-refractivity contribution is 7.89. The van der Waals surface area contributed by atoms with Gasteiger partial charge in [0.25, 0.3) is 0 Å². The Balaban J connectivity index is 1.94. The molecule has 45 heavy (non-hydrogen) atoms. The highest BCUT2D eigenvalue weighted by atomic mass is 32.2. The molecule has 2 rings (SSSR count). The summed E-state index contributed by atoms with van der Waals surface area (Å²) in [5.41, 5.74) is 0. The molecule has 8 N–H and O–H groups in total. The predicted molar refractivity (Wildman–Crippen MR) is 165 cm³/mol. The highest BCUT2D eigenvalue weighted by Gasteiger charge is 2.50. The summed E-state index contributed by atoms with van der Waals surface area (Å²) in [6.45, 7) is 3.26. The van der Waals surface area contributed by atoms with Crippen LogP contribution in [0.3, 0.4) is 0 Å². The largest absolute Gasteiger partial charge is 0.388 e. The van der Waals surface area contributed by atoms with E-state index < -0.39 is 94.5 Å². The van der Waals surface area contributed by atoms with Crippen molar-refractivity contribution in [2.45, 2.75) is 152 Å². The molecular weight excluding hydrogens is 636 g/mol. The summed E-state index contributed by atoms with van der Waals surface area (Å²) >= 11 is 0. The van der Waals surface area contributed by atoms with Crippen LogP contribution in [-0.2, 0) is 34.3 Å². The molecule has 0 bridgehead atoms. The minimum Gasteiger partial charge on any atom is -0.388 e. The molecule has 0 spiro atoms. The Bertz CT molecular complexity index is 955. The van der Waals surface area contributed by atoms with Crippen LogP contribution in [0.5, 0.6) is 0 Å². The molecule has 0 unspecified atom stereocenters. The fourth-order valence-electron chi connectivity index (χ4n) is 5.23. The average molecular weight is 693 g/mol. The summed E-state index contributed by atoms with van der Waals surface area (Å²) in [7, 11) is -7.48. The van der Waals surface area contributed by atoms with Gasteiger partial charge in [-0.3, -0.25) is 0 Å². The van der Waals surface area contributed by atoms with Gasteiger partial charge in [-0.15, -0.1) is 0 Å². The molecule has 0 aromatic heterocycles. The minimum absolute atomic E-state index is 0.139. The van der Waals surface area contributed by atoms with Gasteiger partial charge < -0.3 is 44.8 Å². The Morgan fingerprint density at radius 3 is 1.20 bits per heavy atom. The lowest BCUT2D eigenvalue weighted by atomic mass is 9.98. The summed E-state index contributed by atoms with van der Waals surface area (Å²) in [6, 6.07) is 0. The first-order valence-corrected chi connectivity index (χ1v) is 19.5. The second-order valence-corrected chi connectivity index (χ2v) is 15.9. The second-order valence-electron chi connectivity index (χ2n) is 12.0. The maximum atomic E-state index is 12.5. The Hall–Kier alpha value is -0.540. The summed E-state index contributed by atoms with van der Waals surface area (Å²) in [5.74, 6) is -0.279. The molecular formula is C28H56N2O13S2. The van der Waals surface area contributed by atoms with Crippen LogP contribution in [0, 0.1) is 0 Å². The zero-order valence-electron chi connectivity index (χ0n) is 26.4. The van der Waals surface area contributed by atoms with E-state index in [1.54, 1.807) is 0 Å². The zero-order valence-corrected chi connectivity index (χ0v) is 28.1. The zero-order chi connectivity index (χ0) is 33.6. The van der Waals surface area contributed by atoms with Crippen LogP contribution in [0.4, 0.5) is 0 Å². The fraction of sp³-hybridized carbons (Fsp3) is 1.00. The topological polar surface area (TPSA) is 241 Å². The third-order valence-corrected chi connectivity index (χ3v) is 11.0. The molecule has 268 valence electrons. The van der Waals surface area contributed by atoms with Crippen LogP contribution < -0.4 is 9.44 Å². The summed E-state index contributed by atoms with van der Waals surface area (Å²) < 4.78 is 71.1. The number of rotatable bonds is 22. The van der Waals surface area contributed by atoms with Gasteiger partial charge in [-0.1, -0.05) is 78.1 Å². The van der Waals surface area contributed by atoms with Crippen molar-refractivity contribution in [3.05, 3.63) is 0 Å². The molecule has 0 radical (unpaired) electrons. The Labute approximate surface area is 267 Å². The van der Waals surface area contributed by atoms with Crippen LogP contribution in [-0.4, -0.2) is 133 Å². The molecule has 0 aromatic rings. The Kier molecular flexibility index (Phi) is 18.1. The van der Waals surface area contributed by atoms with Gasteiger partial charge in [0.1, 0.15) is 48.8 Å². The molecule has 2 aliphatic rings. The Morgan fingerprint density at radius 1 is 0.511 bits per heavy atom. The number of ether oxygens (including phenoxy) is 3. The molecule has 2 fully saturated rings. The molecule has 0 saturated carbocycles. The number of hydrogen-bond donors (Lipinski definition) is 8. The molecule has 0 aromatic carbocycles. The van der Waals surface area contributed by atoms with E-state index in [4.69, 9.17) is 14.2 Å². The number of aliphatic hydroxyl groups excluding tert-OH is 6. The number of aliphatic hydroxyl groups is 6. The molecule has 15 nitrogen and oxygen atoms in total. The highest BCUT2D eigenvalue weighted by Crippen LogP contribution is 2.28. The van der Waals surface area contributed by atoms with E-state index in [1.807, 2.05) is 0 Å². The van der Waals surface area contributed by atoms with Crippen molar-refractivity contribution in [1.29, 1.82) is 0 Å². The quantitative estimate of drug-likeness (QED) is 0.0648. The van der Waals surface area contributed by atoms with Crippen LogP contribution in [0.2, 0.25) is 0 Å². The molecule has 0 aliphatic carbocycles. The molecule has 10 atom stereocenters. The number of hydrogen-bond acceptors (Lipinski definition) is 13. The number of unbranched alkanes of at least 4 members (excludes halogenated alkanes) is 10. The maximum Gasteiger partial charge on any atom is 0.211 e. The van der Waals surface area contributed by atoms with Crippen molar-refractivity contribution >= 4 is 20.0 Å². The molecule has 2 saturated heterocycles. The van der Waals surface area contributed by atoms with Gasteiger partial charge in [0.05, 0.1) is 11.5 Å². The third-order valence-electron chi connectivity index (χ3n) is 8.15. The van der Waals surface area contributed by atoms with Crippen molar-refractivity contribution in [3.8, 4) is 0 Å². The first-order chi connectivity index (χ1) is 21.2. The SMILES string of the molecule is CCCCCCCCS(=O)(=O)NC[C@H]1O[C@H](O[C@H]2O[C@H](CNS(=O)(=O)CCCCCCCC)[C@@H](O)[C@H](O)[C@H]2O)[C@H](O)[C@@H](O)[C@@H]1O. The van der Waals surface area contributed by atoms with Crippen LogP contribution in [0.15, 0.2) is 0 Å². The van der Waals surface area contributed by atoms with Gasteiger partial charge in [0, 0.05) is 13.1 Å². The maximum absolute atomic E-state index is 12.5. The monoisotopic (exact) mass is 692 g/mol. The average Bonchev–Trinajstić information content (AvgIpc) is 2.99. The Morgan fingerprint density at radius 2 is 0.844 bits per heavy atom. The first-order valence-electron chi connectivity index (χ1n) is 16.2. The lowest BCUT2D eigenvalue weighted by Gasteiger charge is -2.45. The van der Waals surface area contributed by atoms with Crippen LogP contribution in [0.1, 0.15) is 90.9 Å².